The van der Waals surface area contributed by atoms with Crippen molar-refractivity contribution in [2.75, 3.05) is 18.8 Å². The number of nitrogens with two attached hydrogens (primary N) is 1. The smallest absolute Gasteiger partial charge is 0.254 e. The molecule has 2 rings (SSSR count). The normalized spacial score (nSPS) is 19.2. The minimum Gasteiger partial charge on any atom is -0.384 e. The Morgan fingerprint density at radius 2 is 2.33 bits per heavy atom. The Bertz CT molecular complexity index is 424. The molecule has 1 amide bonds. The Kier molecular flexibility index (Phi) is 3.84. The average molecular weight is 247 g/mol. The third-order valence-corrected chi connectivity index (χ3v) is 3.49. The van der Waals surface area contributed by atoms with Gasteiger partial charge in [0.2, 0.25) is 0 Å². The van der Waals surface area contributed by atoms with Gasteiger partial charge in [-0.2, -0.15) is 0 Å². The van der Waals surface area contributed by atoms with Gasteiger partial charge in [0.1, 0.15) is 5.82 Å². The first kappa shape index (κ1) is 12.9. The van der Waals surface area contributed by atoms with Gasteiger partial charge in [-0.05, 0) is 37.8 Å². The van der Waals surface area contributed by atoms with Gasteiger partial charge in [-0.25, -0.2) is 4.98 Å². The Hall–Kier alpha value is -1.58. The molecule has 2 heterocycles. The summed E-state index contributed by atoms with van der Waals surface area (Å²) in [6.07, 6.45) is 3.52. The Morgan fingerprint density at radius 1 is 1.56 bits per heavy atom. The number of nitrogen functional groups attached to an aromatic ring is 1. The topological polar surface area (TPSA) is 59.2 Å². The SMILES string of the molecule is CCCC1CCN(C(=O)c2cc(C)nc(N)c2)C1. The Morgan fingerprint density at radius 3 is 3.00 bits per heavy atom. The molecule has 1 atom stereocenters. The fraction of sp³-hybridized carbons (Fsp3) is 0.571. The van der Waals surface area contributed by atoms with E-state index >= 15 is 0 Å². The van der Waals surface area contributed by atoms with Crippen LogP contribution in [0.1, 0.15) is 42.2 Å². The lowest BCUT2D eigenvalue weighted by Crippen LogP contribution is -2.28. The van der Waals surface area contributed by atoms with Crippen molar-refractivity contribution in [2.24, 2.45) is 5.92 Å². The summed E-state index contributed by atoms with van der Waals surface area (Å²) >= 11 is 0. The summed E-state index contributed by atoms with van der Waals surface area (Å²) in [6.45, 7) is 5.80. The van der Waals surface area contributed by atoms with Gasteiger partial charge in [0, 0.05) is 24.3 Å². The molecule has 0 spiro atoms. The predicted octanol–water partition coefficient (Wildman–Crippen LogP) is 2.23. The van der Waals surface area contributed by atoms with E-state index in [1.807, 2.05) is 17.9 Å². The highest BCUT2D eigenvalue weighted by atomic mass is 16.2. The van der Waals surface area contributed by atoms with Gasteiger partial charge >= 0.3 is 0 Å². The standard InChI is InChI=1S/C14H21N3O/c1-3-4-11-5-6-17(9-11)14(18)12-7-10(2)16-13(15)8-12/h7-8,11H,3-6,9H2,1-2H3,(H2,15,16). The van der Waals surface area contributed by atoms with E-state index in [1.165, 1.54) is 12.8 Å². The van der Waals surface area contributed by atoms with Crippen molar-refractivity contribution in [2.45, 2.75) is 33.1 Å². The zero-order valence-corrected chi connectivity index (χ0v) is 11.1. The lowest BCUT2D eigenvalue weighted by molar-refractivity contribution is 0.0786. The number of rotatable bonds is 3. The van der Waals surface area contributed by atoms with Crippen molar-refractivity contribution in [3.05, 3.63) is 23.4 Å². The zero-order valence-electron chi connectivity index (χ0n) is 11.1. The maximum atomic E-state index is 12.3. The number of aromatic nitrogens is 1. The van der Waals surface area contributed by atoms with E-state index in [0.29, 0.717) is 17.3 Å². The highest BCUT2D eigenvalue weighted by Gasteiger charge is 2.26. The number of aryl methyl sites for hydroxylation is 1. The first-order valence-electron chi connectivity index (χ1n) is 6.63. The molecular weight excluding hydrogens is 226 g/mol. The van der Waals surface area contributed by atoms with E-state index in [1.54, 1.807) is 6.07 Å². The molecule has 0 radical (unpaired) electrons. The number of carbonyl (C=O) groups is 1. The minimum atomic E-state index is 0.0887. The van der Waals surface area contributed by atoms with Gasteiger partial charge in [-0.1, -0.05) is 13.3 Å². The summed E-state index contributed by atoms with van der Waals surface area (Å²) < 4.78 is 0. The summed E-state index contributed by atoms with van der Waals surface area (Å²) in [5.74, 6) is 1.17. The molecule has 98 valence electrons. The van der Waals surface area contributed by atoms with Gasteiger partial charge < -0.3 is 10.6 Å². The molecule has 1 saturated heterocycles. The average Bonchev–Trinajstić information content (AvgIpc) is 2.76. The third kappa shape index (κ3) is 2.81. The second kappa shape index (κ2) is 5.38. The van der Waals surface area contributed by atoms with Crippen LogP contribution in [0.25, 0.3) is 0 Å². The molecule has 4 heteroatoms. The Labute approximate surface area is 108 Å². The summed E-state index contributed by atoms with van der Waals surface area (Å²) in [4.78, 5) is 18.4. The molecule has 1 fully saturated rings. The highest BCUT2D eigenvalue weighted by Crippen LogP contribution is 2.23. The van der Waals surface area contributed by atoms with Crippen LogP contribution in [-0.2, 0) is 0 Å². The molecule has 0 saturated carbocycles. The van der Waals surface area contributed by atoms with Crippen LogP contribution < -0.4 is 5.73 Å². The van der Waals surface area contributed by atoms with Gasteiger partial charge in [0.25, 0.3) is 5.91 Å². The second-order valence-corrected chi connectivity index (χ2v) is 5.12. The van der Waals surface area contributed by atoms with Gasteiger partial charge in [0.05, 0.1) is 0 Å². The molecular formula is C14H21N3O. The summed E-state index contributed by atoms with van der Waals surface area (Å²) in [5.41, 5.74) is 7.15. The van der Waals surface area contributed by atoms with Gasteiger partial charge in [-0.3, -0.25) is 4.79 Å². The van der Waals surface area contributed by atoms with Crippen molar-refractivity contribution < 1.29 is 4.79 Å². The van der Waals surface area contributed by atoms with Crippen LogP contribution in [0.2, 0.25) is 0 Å². The van der Waals surface area contributed by atoms with Gasteiger partial charge in [0.15, 0.2) is 0 Å². The van der Waals surface area contributed by atoms with Crippen LogP contribution in [-0.4, -0.2) is 28.9 Å². The largest absolute Gasteiger partial charge is 0.384 e. The number of likely N-dealkylation sites (tertiary alicyclic amines) is 1. The van der Waals surface area contributed by atoms with E-state index in [0.717, 1.165) is 25.2 Å². The van der Waals surface area contributed by atoms with E-state index in [9.17, 15) is 4.79 Å². The number of anilines is 1. The van der Waals surface area contributed by atoms with E-state index in [2.05, 4.69) is 11.9 Å². The fourth-order valence-electron chi connectivity index (χ4n) is 2.66. The molecule has 0 aromatic carbocycles. The van der Waals surface area contributed by atoms with E-state index in [4.69, 9.17) is 5.73 Å². The predicted molar refractivity (Wildman–Crippen MR) is 72.3 cm³/mol. The molecule has 1 aromatic rings. The number of carbonyl (C=O) groups excluding carboxylic acids is 1. The van der Waals surface area contributed by atoms with E-state index in [-0.39, 0.29) is 5.91 Å². The first-order chi connectivity index (χ1) is 8.60. The lowest BCUT2D eigenvalue weighted by atomic mass is 10.0. The third-order valence-electron chi connectivity index (χ3n) is 3.49. The number of pyridine rings is 1. The molecule has 0 bridgehead atoms. The first-order valence-corrected chi connectivity index (χ1v) is 6.63. The Balaban J connectivity index is 2.08. The van der Waals surface area contributed by atoms with E-state index < -0.39 is 0 Å². The van der Waals surface area contributed by atoms with Gasteiger partial charge in [-0.15, -0.1) is 0 Å². The van der Waals surface area contributed by atoms with Crippen molar-refractivity contribution in [1.29, 1.82) is 0 Å². The maximum Gasteiger partial charge on any atom is 0.254 e. The summed E-state index contributed by atoms with van der Waals surface area (Å²) in [5, 5.41) is 0. The number of hydrogen-bond acceptors (Lipinski definition) is 3. The number of nitrogens with zero attached hydrogens (tertiary/aromatic N) is 2. The highest BCUT2D eigenvalue weighted by molar-refractivity contribution is 5.95. The maximum absolute atomic E-state index is 12.3. The second-order valence-electron chi connectivity index (χ2n) is 5.12. The van der Waals surface area contributed by atoms with Crippen LogP contribution in [0.5, 0.6) is 0 Å². The fourth-order valence-corrected chi connectivity index (χ4v) is 2.66. The van der Waals surface area contributed by atoms with Crippen molar-refractivity contribution >= 4 is 11.7 Å². The van der Waals surface area contributed by atoms with Crippen LogP contribution in [0.15, 0.2) is 12.1 Å². The molecule has 1 aromatic heterocycles. The van der Waals surface area contributed by atoms with Crippen molar-refractivity contribution in [3.63, 3.8) is 0 Å². The minimum absolute atomic E-state index is 0.0887. The quantitative estimate of drug-likeness (QED) is 0.891. The molecule has 4 nitrogen and oxygen atoms in total. The number of hydrogen-bond donors (Lipinski definition) is 1. The van der Waals surface area contributed by atoms with Crippen LogP contribution in [0, 0.1) is 12.8 Å². The zero-order chi connectivity index (χ0) is 13.1. The molecule has 1 aliphatic heterocycles. The van der Waals surface area contributed by atoms with Crippen molar-refractivity contribution in [3.8, 4) is 0 Å². The van der Waals surface area contributed by atoms with Crippen molar-refractivity contribution in [1.82, 2.24) is 9.88 Å². The molecule has 18 heavy (non-hydrogen) atoms. The monoisotopic (exact) mass is 247 g/mol. The molecule has 1 unspecified atom stereocenters. The lowest BCUT2D eigenvalue weighted by Gasteiger charge is -2.17. The summed E-state index contributed by atoms with van der Waals surface area (Å²) in [6, 6.07) is 3.48. The molecule has 0 aliphatic carbocycles. The molecule has 2 N–H and O–H groups in total. The summed E-state index contributed by atoms with van der Waals surface area (Å²) in [7, 11) is 0. The molecule has 1 aliphatic rings. The van der Waals surface area contributed by atoms with Crippen LogP contribution in [0.3, 0.4) is 0 Å². The van der Waals surface area contributed by atoms with Crippen LogP contribution >= 0.6 is 0 Å². The van der Waals surface area contributed by atoms with Crippen LogP contribution in [0.4, 0.5) is 5.82 Å². The number of amides is 1.